The smallest absolute Gasteiger partial charge is 0.123 e. The minimum atomic E-state index is -0.163. The van der Waals surface area contributed by atoms with Gasteiger partial charge in [0.15, 0.2) is 0 Å². The minimum Gasteiger partial charge on any atom is -0.311 e. The molecule has 16 heavy (non-hydrogen) atoms. The van der Waals surface area contributed by atoms with Crippen molar-refractivity contribution in [2.45, 2.75) is 38.8 Å². The zero-order valence-corrected chi connectivity index (χ0v) is 10.0. The molecule has 0 spiro atoms. The molecule has 0 saturated carbocycles. The molecule has 1 nitrogen and oxygen atoms in total. The van der Waals surface area contributed by atoms with E-state index in [9.17, 15) is 4.39 Å². The fourth-order valence-corrected chi connectivity index (χ4v) is 1.88. The molecular formula is C14H20FN. The van der Waals surface area contributed by atoms with Crippen LogP contribution in [-0.4, -0.2) is 12.1 Å². The standard InChI is InChI=1S/C14H20FN/c1-4-6-11(2)16-12(3)9-13-7-5-8-14(15)10-13/h4-5,7-8,10-12,16H,1,6,9H2,2-3H3. The number of nitrogens with one attached hydrogen (secondary N) is 1. The predicted molar refractivity (Wildman–Crippen MR) is 67.0 cm³/mol. The van der Waals surface area contributed by atoms with E-state index in [0.717, 1.165) is 18.4 Å². The highest BCUT2D eigenvalue weighted by atomic mass is 19.1. The molecule has 0 aliphatic carbocycles. The SMILES string of the molecule is C=CCC(C)NC(C)Cc1cccc(F)c1. The summed E-state index contributed by atoms with van der Waals surface area (Å²) in [6.07, 6.45) is 3.71. The summed E-state index contributed by atoms with van der Waals surface area (Å²) in [6.45, 7) is 7.96. The van der Waals surface area contributed by atoms with Gasteiger partial charge in [-0.25, -0.2) is 4.39 Å². The van der Waals surface area contributed by atoms with E-state index in [1.807, 2.05) is 12.1 Å². The Balaban J connectivity index is 2.44. The van der Waals surface area contributed by atoms with Crippen LogP contribution >= 0.6 is 0 Å². The maximum atomic E-state index is 13.0. The first-order chi connectivity index (χ1) is 7.61. The van der Waals surface area contributed by atoms with Crippen LogP contribution in [0.4, 0.5) is 4.39 Å². The third kappa shape index (κ3) is 4.58. The summed E-state index contributed by atoms with van der Waals surface area (Å²) in [7, 11) is 0. The van der Waals surface area contributed by atoms with Crippen LogP contribution in [0.1, 0.15) is 25.8 Å². The largest absolute Gasteiger partial charge is 0.311 e. The average Bonchev–Trinajstić information content (AvgIpc) is 2.17. The zero-order valence-electron chi connectivity index (χ0n) is 10.0. The van der Waals surface area contributed by atoms with E-state index >= 15 is 0 Å². The molecule has 1 aromatic carbocycles. The predicted octanol–water partition coefficient (Wildman–Crippen LogP) is 3.31. The van der Waals surface area contributed by atoms with E-state index < -0.39 is 0 Å². The molecule has 1 aromatic rings. The number of halogens is 1. The Hall–Kier alpha value is -1.15. The Bertz CT molecular complexity index is 335. The van der Waals surface area contributed by atoms with E-state index in [2.05, 4.69) is 25.7 Å². The topological polar surface area (TPSA) is 12.0 Å². The van der Waals surface area contributed by atoms with Crippen molar-refractivity contribution in [2.75, 3.05) is 0 Å². The van der Waals surface area contributed by atoms with E-state index in [0.29, 0.717) is 12.1 Å². The Labute approximate surface area is 97.4 Å². The molecule has 0 aliphatic rings. The van der Waals surface area contributed by atoms with Gasteiger partial charge in [-0.1, -0.05) is 18.2 Å². The van der Waals surface area contributed by atoms with Crippen LogP contribution in [0, 0.1) is 5.82 Å². The molecule has 1 rings (SSSR count). The average molecular weight is 221 g/mol. The van der Waals surface area contributed by atoms with Crippen LogP contribution in [0.25, 0.3) is 0 Å². The van der Waals surface area contributed by atoms with Crippen LogP contribution in [-0.2, 0) is 6.42 Å². The van der Waals surface area contributed by atoms with Crippen molar-refractivity contribution >= 4 is 0 Å². The molecule has 0 bridgehead atoms. The van der Waals surface area contributed by atoms with Gasteiger partial charge in [-0.2, -0.15) is 0 Å². The number of rotatable bonds is 6. The summed E-state index contributed by atoms with van der Waals surface area (Å²) in [5.41, 5.74) is 1.03. The van der Waals surface area contributed by atoms with Gasteiger partial charge in [-0.05, 0) is 44.4 Å². The first kappa shape index (κ1) is 12.9. The van der Waals surface area contributed by atoms with Crippen molar-refractivity contribution in [1.82, 2.24) is 5.32 Å². The van der Waals surface area contributed by atoms with Crippen molar-refractivity contribution in [3.8, 4) is 0 Å². The number of hydrogen-bond acceptors (Lipinski definition) is 1. The lowest BCUT2D eigenvalue weighted by Gasteiger charge is -2.19. The third-order valence-electron chi connectivity index (χ3n) is 2.52. The minimum absolute atomic E-state index is 0.163. The molecule has 2 heteroatoms. The fourth-order valence-electron chi connectivity index (χ4n) is 1.88. The van der Waals surface area contributed by atoms with Gasteiger partial charge in [-0.3, -0.25) is 0 Å². The molecular weight excluding hydrogens is 201 g/mol. The van der Waals surface area contributed by atoms with Gasteiger partial charge in [0.2, 0.25) is 0 Å². The van der Waals surface area contributed by atoms with Crippen LogP contribution in [0.2, 0.25) is 0 Å². The van der Waals surface area contributed by atoms with Gasteiger partial charge >= 0.3 is 0 Å². The molecule has 0 fully saturated rings. The second-order valence-electron chi connectivity index (χ2n) is 4.33. The summed E-state index contributed by atoms with van der Waals surface area (Å²) in [4.78, 5) is 0. The van der Waals surface area contributed by atoms with Gasteiger partial charge < -0.3 is 5.32 Å². The van der Waals surface area contributed by atoms with Crippen molar-refractivity contribution in [2.24, 2.45) is 0 Å². The normalized spacial score (nSPS) is 14.4. The molecule has 2 atom stereocenters. The first-order valence-electron chi connectivity index (χ1n) is 5.73. The lowest BCUT2D eigenvalue weighted by Crippen LogP contribution is -2.35. The van der Waals surface area contributed by atoms with Gasteiger partial charge in [0.05, 0.1) is 0 Å². The highest BCUT2D eigenvalue weighted by Gasteiger charge is 2.07. The summed E-state index contributed by atoms with van der Waals surface area (Å²) in [5.74, 6) is -0.163. The van der Waals surface area contributed by atoms with E-state index in [-0.39, 0.29) is 5.82 Å². The highest BCUT2D eigenvalue weighted by molar-refractivity contribution is 5.17. The summed E-state index contributed by atoms with van der Waals surface area (Å²) in [6, 6.07) is 7.54. The Morgan fingerprint density at radius 3 is 2.75 bits per heavy atom. The molecule has 0 radical (unpaired) electrons. The van der Waals surface area contributed by atoms with Crippen molar-refractivity contribution < 1.29 is 4.39 Å². The number of benzene rings is 1. The molecule has 2 unspecified atom stereocenters. The molecule has 0 amide bonds. The lowest BCUT2D eigenvalue weighted by atomic mass is 10.1. The summed E-state index contributed by atoms with van der Waals surface area (Å²) in [5, 5.41) is 3.45. The Kier molecular flexibility index (Phi) is 5.20. The van der Waals surface area contributed by atoms with Crippen LogP contribution in [0.5, 0.6) is 0 Å². The summed E-state index contributed by atoms with van der Waals surface area (Å²) < 4.78 is 13.0. The van der Waals surface area contributed by atoms with Crippen LogP contribution < -0.4 is 5.32 Å². The second-order valence-corrected chi connectivity index (χ2v) is 4.33. The third-order valence-corrected chi connectivity index (χ3v) is 2.52. The van der Waals surface area contributed by atoms with Crippen molar-refractivity contribution in [3.05, 3.63) is 48.3 Å². The molecule has 88 valence electrons. The van der Waals surface area contributed by atoms with Gasteiger partial charge in [0, 0.05) is 12.1 Å². The monoisotopic (exact) mass is 221 g/mol. The van der Waals surface area contributed by atoms with E-state index in [1.165, 1.54) is 6.07 Å². The zero-order chi connectivity index (χ0) is 12.0. The van der Waals surface area contributed by atoms with Gasteiger partial charge in [-0.15, -0.1) is 6.58 Å². The number of hydrogen-bond donors (Lipinski definition) is 1. The van der Waals surface area contributed by atoms with Gasteiger partial charge in [0.1, 0.15) is 5.82 Å². The van der Waals surface area contributed by atoms with Crippen molar-refractivity contribution in [1.29, 1.82) is 0 Å². The Morgan fingerprint density at radius 2 is 2.12 bits per heavy atom. The molecule has 0 aromatic heterocycles. The maximum Gasteiger partial charge on any atom is 0.123 e. The lowest BCUT2D eigenvalue weighted by molar-refractivity contribution is 0.466. The highest BCUT2D eigenvalue weighted by Crippen LogP contribution is 2.07. The quantitative estimate of drug-likeness (QED) is 0.727. The van der Waals surface area contributed by atoms with E-state index in [1.54, 1.807) is 12.1 Å². The second kappa shape index (κ2) is 6.44. The van der Waals surface area contributed by atoms with Crippen LogP contribution in [0.3, 0.4) is 0 Å². The maximum absolute atomic E-state index is 13.0. The first-order valence-corrected chi connectivity index (χ1v) is 5.73. The van der Waals surface area contributed by atoms with Crippen LogP contribution in [0.15, 0.2) is 36.9 Å². The summed E-state index contributed by atoms with van der Waals surface area (Å²) >= 11 is 0. The van der Waals surface area contributed by atoms with Crippen molar-refractivity contribution in [3.63, 3.8) is 0 Å². The molecule has 1 N–H and O–H groups in total. The van der Waals surface area contributed by atoms with E-state index in [4.69, 9.17) is 0 Å². The molecule has 0 aliphatic heterocycles. The molecule has 0 saturated heterocycles. The molecule has 0 heterocycles. The van der Waals surface area contributed by atoms with Gasteiger partial charge in [0.25, 0.3) is 0 Å². The Morgan fingerprint density at radius 1 is 1.38 bits per heavy atom. The fraction of sp³-hybridized carbons (Fsp3) is 0.429.